The van der Waals surface area contributed by atoms with Crippen LogP contribution in [0.4, 0.5) is 0 Å². The predicted octanol–water partition coefficient (Wildman–Crippen LogP) is 2.03. The summed E-state index contributed by atoms with van der Waals surface area (Å²) in [6.07, 6.45) is 6.90. The largest absolute Gasteiger partial charge is 0.324 e. The van der Waals surface area contributed by atoms with Gasteiger partial charge in [0, 0.05) is 17.8 Å². The number of aromatic nitrogens is 3. The first-order valence-electron chi connectivity index (χ1n) is 5.60. The van der Waals surface area contributed by atoms with Crippen LogP contribution in [-0.4, -0.2) is 14.8 Å². The minimum absolute atomic E-state index is 0. The van der Waals surface area contributed by atoms with Crippen LogP contribution < -0.4 is 5.73 Å². The number of rotatable bonds is 1. The third-order valence-electron chi connectivity index (χ3n) is 3.10. The van der Waals surface area contributed by atoms with E-state index in [2.05, 4.69) is 10.1 Å². The lowest BCUT2D eigenvalue weighted by molar-refractivity contribution is 0.557. The molecule has 5 heteroatoms. The Morgan fingerprint density at radius 1 is 1.35 bits per heavy atom. The fourth-order valence-corrected chi connectivity index (χ4v) is 2.27. The molecule has 0 aromatic carbocycles. The van der Waals surface area contributed by atoms with Gasteiger partial charge in [-0.25, -0.2) is 9.67 Å². The molecule has 0 saturated heterocycles. The van der Waals surface area contributed by atoms with Crippen molar-refractivity contribution in [2.75, 3.05) is 0 Å². The second kappa shape index (κ2) is 4.85. The molecule has 17 heavy (non-hydrogen) atoms. The fourth-order valence-electron chi connectivity index (χ4n) is 2.27. The standard InChI is InChI=1S/C12H14N4.ClH/c13-10-4-3-5-11-9(10)8-15-16(11)12-6-1-2-7-14-12;/h1-2,6-8,10H,3-5,13H2;1H. The lowest BCUT2D eigenvalue weighted by Gasteiger charge is -2.19. The first-order valence-corrected chi connectivity index (χ1v) is 5.60. The van der Waals surface area contributed by atoms with Gasteiger partial charge in [-0.3, -0.25) is 0 Å². The van der Waals surface area contributed by atoms with Gasteiger partial charge in [0.2, 0.25) is 0 Å². The highest BCUT2D eigenvalue weighted by atomic mass is 35.5. The van der Waals surface area contributed by atoms with E-state index >= 15 is 0 Å². The molecule has 0 saturated carbocycles. The summed E-state index contributed by atoms with van der Waals surface area (Å²) in [4.78, 5) is 4.31. The van der Waals surface area contributed by atoms with E-state index in [1.165, 1.54) is 11.3 Å². The molecule has 3 rings (SSSR count). The van der Waals surface area contributed by atoms with Crippen molar-refractivity contribution in [1.82, 2.24) is 14.8 Å². The van der Waals surface area contributed by atoms with Gasteiger partial charge in [0.1, 0.15) is 0 Å². The summed E-state index contributed by atoms with van der Waals surface area (Å²) < 4.78 is 1.91. The summed E-state index contributed by atoms with van der Waals surface area (Å²) in [6.45, 7) is 0. The van der Waals surface area contributed by atoms with Crippen molar-refractivity contribution in [1.29, 1.82) is 0 Å². The van der Waals surface area contributed by atoms with E-state index in [1.54, 1.807) is 6.20 Å². The highest BCUT2D eigenvalue weighted by molar-refractivity contribution is 5.85. The summed E-state index contributed by atoms with van der Waals surface area (Å²) in [7, 11) is 0. The van der Waals surface area contributed by atoms with Crippen molar-refractivity contribution in [2.24, 2.45) is 5.73 Å². The smallest absolute Gasteiger partial charge is 0.153 e. The van der Waals surface area contributed by atoms with Crippen molar-refractivity contribution in [2.45, 2.75) is 25.3 Å². The summed E-state index contributed by atoms with van der Waals surface area (Å²) in [5.41, 5.74) is 8.46. The van der Waals surface area contributed by atoms with Gasteiger partial charge in [-0.1, -0.05) is 6.07 Å². The van der Waals surface area contributed by atoms with Crippen LogP contribution in [0.3, 0.4) is 0 Å². The van der Waals surface area contributed by atoms with E-state index in [4.69, 9.17) is 5.73 Å². The summed E-state index contributed by atoms with van der Waals surface area (Å²) in [6, 6.07) is 5.99. The zero-order chi connectivity index (χ0) is 11.0. The van der Waals surface area contributed by atoms with E-state index in [1.807, 2.05) is 29.1 Å². The van der Waals surface area contributed by atoms with Gasteiger partial charge in [-0.2, -0.15) is 5.10 Å². The van der Waals surface area contributed by atoms with Crippen LogP contribution in [0.1, 0.15) is 30.1 Å². The van der Waals surface area contributed by atoms with Gasteiger partial charge < -0.3 is 5.73 Å². The molecule has 1 unspecified atom stereocenters. The zero-order valence-corrected chi connectivity index (χ0v) is 10.2. The molecule has 1 aliphatic rings. The highest BCUT2D eigenvalue weighted by Gasteiger charge is 2.21. The molecule has 90 valence electrons. The molecule has 0 spiro atoms. The minimum atomic E-state index is 0. The molecule has 0 amide bonds. The Kier molecular flexibility index (Phi) is 3.45. The molecule has 2 aromatic rings. The Hall–Kier alpha value is -1.39. The maximum Gasteiger partial charge on any atom is 0.153 e. The second-order valence-corrected chi connectivity index (χ2v) is 4.15. The Morgan fingerprint density at radius 3 is 3.00 bits per heavy atom. The van der Waals surface area contributed by atoms with Crippen LogP contribution in [0.2, 0.25) is 0 Å². The van der Waals surface area contributed by atoms with Crippen molar-refractivity contribution in [3.05, 3.63) is 41.9 Å². The van der Waals surface area contributed by atoms with Crippen molar-refractivity contribution >= 4 is 12.4 Å². The molecular formula is C12H15ClN4. The number of hydrogen-bond acceptors (Lipinski definition) is 3. The first kappa shape index (κ1) is 12.1. The number of fused-ring (bicyclic) bond motifs is 1. The predicted molar refractivity (Wildman–Crippen MR) is 68.5 cm³/mol. The second-order valence-electron chi connectivity index (χ2n) is 4.15. The monoisotopic (exact) mass is 250 g/mol. The number of pyridine rings is 1. The van der Waals surface area contributed by atoms with Crippen molar-refractivity contribution in [3.8, 4) is 5.82 Å². The Labute approximate surface area is 106 Å². The van der Waals surface area contributed by atoms with Gasteiger partial charge in [0.05, 0.1) is 11.9 Å². The Bertz CT molecular complexity index is 494. The first-order chi connectivity index (χ1) is 7.86. The quantitative estimate of drug-likeness (QED) is 0.843. The molecule has 2 aromatic heterocycles. The average molecular weight is 251 g/mol. The molecule has 0 radical (unpaired) electrons. The van der Waals surface area contributed by atoms with Crippen molar-refractivity contribution in [3.63, 3.8) is 0 Å². The molecule has 1 atom stereocenters. The van der Waals surface area contributed by atoms with Gasteiger partial charge in [-0.05, 0) is 31.4 Å². The van der Waals surface area contributed by atoms with Gasteiger partial charge in [0.25, 0.3) is 0 Å². The average Bonchev–Trinajstić information content (AvgIpc) is 2.75. The summed E-state index contributed by atoms with van der Waals surface area (Å²) in [5, 5.41) is 4.39. The lowest BCUT2D eigenvalue weighted by Crippen LogP contribution is -2.18. The zero-order valence-electron chi connectivity index (χ0n) is 9.41. The molecular weight excluding hydrogens is 236 g/mol. The molecule has 1 aliphatic carbocycles. The van der Waals surface area contributed by atoms with Gasteiger partial charge in [0.15, 0.2) is 5.82 Å². The van der Waals surface area contributed by atoms with E-state index in [-0.39, 0.29) is 18.4 Å². The number of nitrogens with two attached hydrogens (primary N) is 1. The SMILES string of the molecule is Cl.NC1CCCc2c1cnn2-c1ccccn1. The van der Waals surface area contributed by atoms with E-state index in [0.717, 1.165) is 25.1 Å². The van der Waals surface area contributed by atoms with Crippen LogP contribution in [0, 0.1) is 0 Å². The third-order valence-corrected chi connectivity index (χ3v) is 3.10. The highest BCUT2D eigenvalue weighted by Crippen LogP contribution is 2.28. The van der Waals surface area contributed by atoms with Crippen molar-refractivity contribution < 1.29 is 0 Å². The normalized spacial score (nSPS) is 18.3. The molecule has 2 N–H and O–H groups in total. The Morgan fingerprint density at radius 2 is 2.24 bits per heavy atom. The lowest BCUT2D eigenvalue weighted by atomic mass is 9.94. The van der Waals surface area contributed by atoms with Crippen LogP contribution in [0.5, 0.6) is 0 Å². The maximum atomic E-state index is 6.06. The van der Waals surface area contributed by atoms with Crippen LogP contribution in [-0.2, 0) is 6.42 Å². The molecule has 2 heterocycles. The van der Waals surface area contributed by atoms with E-state index in [0.29, 0.717) is 0 Å². The minimum Gasteiger partial charge on any atom is -0.324 e. The molecule has 0 bridgehead atoms. The van der Waals surface area contributed by atoms with E-state index in [9.17, 15) is 0 Å². The number of halogens is 1. The molecule has 0 aliphatic heterocycles. The summed E-state index contributed by atoms with van der Waals surface area (Å²) >= 11 is 0. The third kappa shape index (κ3) is 2.06. The van der Waals surface area contributed by atoms with Gasteiger partial charge >= 0.3 is 0 Å². The Balaban J connectivity index is 0.00000108. The maximum absolute atomic E-state index is 6.06. The summed E-state index contributed by atoms with van der Waals surface area (Å²) in [5.74, 6) is 0.873. The molecule has 4 nitrogen and oxygen atoms in total. The van der Waals surface area contributed by atoms with Crippen LogP contribution >= 0.6 is 12.4 Å². The number of hydrogen-bond donors (Lipinski definition) is 1. The van der Waals surface area contributed by atoms with Crippen LogP contribution in [0.25, 0.3) is 5.82 Å². The number of nitrogens with zero attached hydrogens (tertiary/aromatic N) is 3. The van der Waals surface area contributed by atoms with E-state index < -0.39 is 0 Å². The fraction of sp³-hybridized carbons (Fsp3) is 0.333. The van der Waals surface area contributed by atoms with Gasteiger partial charge in [-0.15, -0.1) is 12.4 Å². The van der Waals surface area contributed by atoms with Crippen LogP contribution in [0.15, 0.2) is 30.6 Å². The molecule has 0 fully saturated rings. The topological polar surface area (TPSA) is 56.7 Å².